The zero-order valence-corrected chi connectivity index (χ0v) is 16.8. The van der Waals surface area contributed by atoms with E-state index in [1.165, 1.54) is 6.07 Å². The molecule has 0 atom stereocenters. The first-order chi connectivity index (χ1) is 13.2. The van der Waals surface area contributed by atoms with E-state index >= 15 is 0 Å². The molecule has 0 unspecified atom stereocenters. The molecular formula is C22H25BFNO3. The van der Waals surface area contributed by atoms with E-state index in [-0.39, 0.29) is 12.3 Å². The lowest BCUT2D eigenvalue weighted by Gasteiger charge is -2.32. The molecule has 4 nitrogen and oxygen atoms in total. The predicted octanol–water partition coefficient (Wildman–Crippen LogP) is 3.21. The minimum absolute atomic E-state index is 0.0451. The maximum atomic E-state index is 14.7. The molecule has 0 bridgehead atoms. The first-order valence-electron chi connectivity index (χ1n) is 9.65. The van der Waals surface area contributed by atoms with Gasteiger partial charge in [0, 0.05) is 13.1 Å². The summed E-state index contributed by atoms with van der Waals surface area (Å²) >= 11 is 0. The zero-order chi connectivity index (χ0) is 20.1. The molecule has 2 heterocycles. The molecular weight excluding hydrogens is 356 g/mol. The third kappa shape index (κ3) is 3.35. The fourth-order valence-electron chi connectivity index (χ4n) is 3.62. The van der Waals surface area contributed by atoms with Crippen molar-refractivity contribution in [3.8, 4) is 0 Å². The van der Waals surface area contributed by atoms with Gasteiger partial charge in [-0.1, -0.05) is 36.4 Å². The molecule has 0 saturated carbocycles. The summed E-state index contributed by atoms with van der Waals surface area (Å²) in [6.07, 6.45) is 0.0451. The average molecular weight is 381 g/mol. The van der Waals surface area contributed by atoms with Gasteiger partial charge in [-0.2, -0.15) is 0 Å². The van der Waals surface area contributed by atoms with Crippen LogP contribution >= 0.6 is 0 Å². The van der Waals surface area contributed by atoms with Crippen molar-refractivity contribution in [3.63, 3.8) is 0 Å². The van der Waals surface area contributed by atoms with Crippen molar-refractivity contribution in [1.82, 2.24) is 4.90 Å². The summed E-state index contributed by atoms with van der Waals surface area (Å²) in [6.45, 7) is 9.02. The summed E-state index contributed by atoms with van der Waals surface area (Å²) in [6, 6.07) is 12.9. The van der Waals surface area contributed by atoms with Gasteiger partial charge in [-0.05, 0) is 55.9 Å². The van der Waals surface area contributed by atoms with Crippen molar-refractivity contribution < 1.29 is 18.5 Å². The molecule has 6 heteroatoms. The maximum absolute atomic E-state index is 14.7. The van der Waals surface area contributed by atoms with Gasteiger partial charge in [-0.3, -0.25) is 4.79 Å². The van der Waals surface area contributed by atoms with Gasteiger partial charge in [0.2, 0.25) is 5.91 Å². The molecule has 2 aliphatic rings. The summed E-state index contributed by atoms with van der Waals surface area (Å²) in [5, 5.41) is 0. The van der Waals surface area contributed by atoms with E-state index in [0.29, 0.717) is 24.1 Å². The van der Waals surface area contributed by atoms with Crippen LogP contribution < -0.4 is 5.46 Å². The van der Waals surface area contributed by atoms with Crippen molar-refractivity contribution in [2.24, 2.45) is 0 Å². The van der Waals surface area contributed by atoms with E-state index in [1.54, 1.807) is 17.0 Å². The van der Waals surface area contributed by atoms with Crippen molar-refractivity contribution >= 4 is 18.5 Å². The Hall–Kier alpha value is -2.18. The topological polar surface area (TPSA) is 38.8 Å². The van der Waals surface area contributed by atoms with E-state index in [2.05, 4.69) is 0 Å². The normalized spacial score (nSPS) is 19.8. The Morgan fingerprint density at radius 2 is 1.61 bits per heavy atom. The number of carbonyl (C=O) groups excluding carboxylic acids is 1. The van der Waals surface area contributed by atoms with Gasteiger partial charge in [0.15, 0.2) is 0 Å². The predicted molar refractivity (Wildman–Crippen MR) is 107 cm³/mol. The van der Waals surface area contributed by atoms with Gasteiger partial charge >= 0.3 is 7.12 Å². The van der Waals surface area contributed by atoms with E-state index < -0.39 is 24.1 Å². The largest absolute Gasteiger partial charge is 0.494 e. The van der Waals surface area contributed by atoms with Crippen LogP contribution in [0.5, 0.6) is 0 Å². The fraction of sp³-hybridized carbons (Fsp3) is 0.409. The molecule has 1 saturated heterocycles. The highest BCUT2D eigenvalue weighted by molar-refractivity contribution is 6.62. The van der Waals surface area contributed by atoms with Gasteiger partial charge in [0.1, 0.15) is 5.82 Å². The molecule has 0 N–H and O–H groups in total. The van der Waals surface area contributed by atoms with Gasteiger partial charge in [0.05, 0.1) is 17.6 Å². The number of amides is 1. The third-order valence-electron chi connectivity index (χ3n) is 6.14. The number of fused-ring (bicyclic) bond motifs is 1. The lowest BCUT2D eigenvalue weighted by atomic mass is 9.78. The molecule has 2 aromatic rings. The number of halogens is 1. The molecule has 1 fully saturated rings. The Balaban J connectivity index is 1.45. The van der Waals surface area contributed by atoms with Crippen LogP contribution in [0.15, 0.2) is 42.5 Å². The fourth-order valence-corrected chi connectivity index (χ4v) is 3.62. The molecule has 1 amide bonds. The standard InChI is InChI=1S/C22H25BFNO3/c1-21(2)22(3,4)28-23(27-21)18-10-9-15(19(24)12-18)11-20(26)25-13-16-7-5-6-8-17(16)14-25/h5-10,12H,11,13-14H2,1-4H3. The highest BCUT2D eigenvalue weighted by atomic mass is 19.1. The molecule has 0 radical (unpaired) electrons. The van der Waals surface area contributed by atoms with Gasteiger partial charge < -0.3 is 14.2 Å². The Labute approximate surface area is 165 Å². The van der Waals surface area contributed by atoms with Crippen LogP contribution in [0.1, 0.15) is 44.4 Å². The van der Waals surface area contributed by atoms with Crippen molar-refractivity contribution in [1.29, 1.82) is 0 Å². The third-order valence-corrected chi connectivity index (χ3v) is 6.14. The quantitative estimate of drug-likeness (QED) is 0.767. The van der Waals surface area contributed by atoms with E-state index in [4.69, 9.17) is 9.31 Å². The molecule has 0 spiro atoms. The Morgan fingerprint density at radius 3 is 2.14 bits per heavy atom. The average Bonchev–Trinajstić information content (AvgIpc) is 3.15. The number of rotatable bonds is 3. The van der Waals surface area contributed by atoms with Crippen molar-refractivity contribution in [2.75, 3.05) is 0 Å². The summed E-state index contributed by atoms with van der Waals surface area (Å²) < 4.78 is 26.7. The number of benzene rings is 2. The number of hydrogen-bond acceptors (Lipinski definition) is 3. The minimum Gasteiger partial charge on any atom is -0.399 e. The highest BCUT2D eigenvalue weighted by Crippen LogP contribution is 2.36. The Bertz CT molecular complexity index is 887. The van der Waals surface area contributed by atoms with E-state index in [0.717, 1.165) is 11.1 Å². The summed E-state index contributed by atoms with van der Waals surface area (Å²) in [7, 11) is -0.614. The first kappa shape index (κ1) is 19.2. The summed E-state index contributed by atoms with van der Waals surface area (Å²) in [5.41, 5.74) is 2.38. The van der Waals surface area contributed by atoms with Gasteiger partial charge in [-0.25, -0.2) is 4.39 Å². The van der Waals surface area contributed by atoms with Crippen LogP contribution in [-0.2, 0) is 33.6 Å². The monoisotopic (exact) mass is 381 g/mol. The smallest absolute Gasteiger partial charge is 0.399 e. The Kier molecular flexibility index (Phi) is 4.59. The molecule has 28 heavy (non-hydrogen) atoms. The molecule has 4 rings (SSSR count). The maximum Gasteiger partial charge on any atom is 0.494 e. The van der Waals surface area contributed by atoms with Crippen LogP contribution in [0.3, 0.4) is 0 Å². The Morgan fingerprint density at radius 1 is 1.04 bits per heavy atom. The lowest BCUT2D eigenvalue weighted by Crippen LogP contribution is -2.41. The number of hydrogen-bond donors (Lipinski definition) is 0. The van der Waals surface area contributed by atoms with Gasteiger partial charge in [0.25, 0.3) is 0 Å². The zero-order valence-electron chi connectivity index (χ0n) is 16.8. The van der Waals surface area contributed by atoms with Crippen LogP contribution in [0.4, 0.5) is 4.39 Å². The molecule has 2 aliphatic heterocycles. The molecule has 146 valence electrons. The minimum atomic E-state index is -0.614. The van der Waals surface area contributed by atoms with Crippen LogP contribution in [0.25, 0.3) is 0 Å². The van der Waals surface area contributed by atoms with Crippen LogP contribution in [0, 0.1) is 5.82 Å². The second-order valence-electron chi connectivity index (χ2n) is 8.63. The SMILES string of the molecule is CC1(C)OB(c2ccc(CC(=O)N3Cc4ccccc4C3)c(F)c2)OC1(C)C. The first-order valence-corrected chi connectivity index (χ1v) is 9.65. The molecule has 0 aliphatic carbocycles. The molecule has 0 aromatic heterocycles. The van der Waals surface area contributed by atoms with Crippen molar-refractivity contribution in [2.45, 2.75) is 58.4 Å². The van der Waals surface area contributed by atoms with E-state index in [1.807, 2.05) is 52.0 Å². The number of nitrogens with zero attached hydrogens (tertiary/aromatic N) is 1. The second kappa shape index (κ2) is 6.71. The molecule has 2 aromatic carbocycles. The second-order valence-corrected chi connectivity index (χ2v) is 8.63. The van der Waals surface area contributed by atoms with Crippen LogP contribution in [0.2, 0.25) is 0 Å². The van der Waals surface area contributed by atoms with E-state index in [9.17, 15) is 9.18 Å². The van der Waals surface area contributed by atoms with Crippen molar-refractivity contribution in [3.05, 3.63) is 65.0 Å². The lowest BCUT2D eigenvalue weighted by molar-refractivity contribution is -0.131. The van der Waals surface area contributed by atoms with Crippen LogP contribution in [-0.4, -0.2) is 29.1 Å². The number of carbonyl (C=O) groups is 1. The van der Waals surface area contributed by atoms with Gasteiger partial charge in [-0.15, -0.1) is 0 Å². The summed E-state index contributed by atoms with van der Waals surface area (Å²) in [5.74, 6) is -0.476. The summed E-state index contributed by atoms with van der Waals surface area (Å²) in [4.78, 5) is 14.4. The highest BCUT2D eigenvalue weighted by Gasteiger charge is 2.51.